The fourth-order valence-electron chi connectivity index (χ4n) is 0.879. The summed E-state index contributed by atoms with van der Waals surface area (Å²) in [7, 11) is 0. The maximum absolute atomic E-state index is 10.1. The number of carbonyl (C=O) groups is 1. The van der Waals surface area contributed by atoms with Gasteiger partial charge in [0.25, 0.3) is 5.95 Å². The first-order valence-electron chi connectivity index (χ1n) is 4.64. The molecule has 86 valence electrons. The summed E-state index contributed by atoms with van der Waals surface area (Å²) in [5.74, 6) is -0.588. The predicted molar refractivity (Wildman–Crippen MR) is 55.4 cm³/mol. The van der Waals surface area contributed by atoms with E-state index in [0.29, 0.717) is 12.3 Å². The van der Waals surface area contributed by atoms with Crippen LogP contribution in [0.5, 0.6) is 5.95 Å². The van der Waals surface area contributed by atoms with E-state index in [9.17, 15) is 4.79 Å². The van der Waals surface area contributed by atoms with Crippen molar-refractivity contribution in [3.8, 4) is 5.95 Å². The maximum Gasteiger partial charge on any atom is 0.320 e. The Bertz CT molecular complexity index is 269. The number of rotatable bonds is 3. The summed E-state index contributed by atoms with van der Waals surface area (Å²) in [6.45, 7) is 3.89. The SMILES string of the molecule is CC(C)CC(N)C(=O)O.Oc1ccco1. The molecule has 0 aliphatic heterocycles. The van der Waals surface area contributed by atoms with E-state index in [0.717, 1.165) is 0 Å². The first-order chi connectivity index (χ1) is 6.93. The van der Waals surface area contributed by atoms with E-state index in [1.54, 1.807) is 6.07 Å². The van der Waals surface area contributed by atoms with Crippen LogP contribution in [0.3, 0.4) is 0 Å². The van der Waals surface area contributed by atoms with Gasteiger partial charge in [0, 0.05) is 6.07 Å². The Kier molecular flexibility index (Phi) is 6.21. The van der Waals surface area contributed by atoms with Gasteiger partial charge in [0.2, 0.25) is 0 Å². The topological polar surface area (TPSA) is 96.7 Å². The van der Waals surface area contributed by atoms with Crippen LogP contribution in [0.4, 0.5) is 0 Å². The second-order valence-corrected chi connectivity index (χ2v) is 3.53. The van der Waals surface area contributed by atoms with E-state index < -0.39 is 12.0 Å². The van der Waals surface area contributed by atoms with Crippen molar-refractivity contribution in [3.05, 3.63) is 18.4 Å². The molecular formula is C10H17NO4. The van der Waals surface area contributed by atoms with E-state index in [4.69, 9.17) is 15.9 Å². The standard InChI is InChI=1S/C6H13NO2.C4H4O2/c1-4(2)3-5(7)6(8)9;5-4-2-1-3-6-4/h4-5H,3,7H2,1-2H3,(H,8,9);1-3,5H. The van der Waals surface area contributed by atoms with E-state index in [1.165, 1.54) is 12.3 Å². The summed E-state index contributed by atoms with van der Waals surface area (Å²) in [6, 6.07) is 2.40. The molecular weight excluding hydrogens is 198 g/mol. The van der Waals surface area contributed by atoms with Gasteiger partial charge in [0.05, 0.1) is 6.26 Å². The molecule has 0 amide bonds. The summed E-state index contributed by atoms with van der Waals surface area (Å²) in [5, 5.41) is 16.6. The number of furan rings is 1. The molecule has 15 heavy (non-hydrogen) atoms. The Morgan fingerprint density at radius 1 is 1.60 bits per heavy atom. The predicted octanol–water partition coefficient (Wildman–Crippen LogP) is 1.43. The van der Waals surface area contributed by atoms with Gasteiger partial charge in [-0.1, -0.05) is 13.8 Å². The van der Waals surface area contributed by atoms with E-state index in [1.807, 2.05) is 13.8 Å². The lowest BCUT2D eigenvalue weighted by Crippen LogP contribution is -2.31. The van der Waals surface area contributed by atoms with E-state index in [2.05, 4.69) is 4.42 Å². The van der Waals surface area contributed by atoms with Crippen LogP contribution in [0.2, 0.25) is 0 Å². The van der Waals surface area contributed by atoms with Gasteiger partial charge in [0.1, 0.15) is 6.04 Å². The highest BCUT2D eigenvalue weighted by Gasteiger charge is 2.11. The normalized spacial score (nSPS) is 11.7. The van der Waals surface area contributed by atoms with Gasteiger partial charge in [-0.2, -0.15) is 0 Å². The highest BCUT2D eigenvalue weighted by molar-refractivity contribution is 5.72. The molecule has 1 aromatic heterocycles. The van der Waals surface area contributed by atoms with E-state index >= 15 is 0 Å². The maximum atomic E-state index is 10.1. The Balaban J connectivity index is 0.000000280. The molecule has 0 aliphatic carbocycles. The number of carboxylic acid groups (broad SMARTS) is 1. The summed E-state index contributed by atoms with van der Waals surface area (Å²) >= 11 is 0. The van der Waals surface area contributed by atoms with E-state index in [-0.39, 0.29) is 5.95 Å². The monoisotopic (exact) mass is 215 g/mol. The molecule has 0 saturated carbocycles. The summed E-state index contributed by atoms with van der Waals surface area (Å²) in [5.41, 5.74) is 5.22. The first kappa shape index (κ1) is 13.5. The number of nitrogens with two attached hydrogens (primary N) is 1. The summed E-state index contributed by atoms with van der Waals surface area (Å²) in [4.78, 5) is 10.1. The van der Waals surface area contributed by atoms with Gasteiger partial charge in [0.15, 0.2) is 0 Å². The Labute approximate surface area is 88.5 Å². The van der Waals surface area contributed by atoms with Crippen molar-refractivity contribution < 1.29 is 19.4 Å². The number of aliphatic carboxylic acids is 1. The number of aromatic hydroxyl groups is 1. The molecule has 0 aromatic carbocycles. The molecule has 0 fully saturated rings. The average Bonchev–Trinajstić information content (AvgIpc) is 2.55. The Morgan fingerprint density at radius 2 is 2.20 bits per heavy atom. The average molecular weight is 215 g/mol. The van der Waals surface area contributed by atoms with Crippen LogP contribution >= 0.6 is 0 Å². The zero-order chi connectivity index (χ0) is 11.8. The summed E-state index contributed by atoms with van der Waals surface area (Å²) in [6.07, 6.45) is 1.96. The fourth-order valence-corrected chi connectivity index (χ4v) is 0.879. The molecule has 4 N–H and O–H groups in total. The summed E-state index contributed by atoms with van der Waals surface area (Å²) < 4.78 is 4.39. The van der Waals surface area contributed by atoms with Crippen molar-refractivity contribution in [2.75, 3.05) is 0 Å². The highest BCUT2D eigenvalue weighted by Crippen LogP contribution is 2.04. The van der Waals surface area contributed by atoms with Crippen LogP contribution in [0.15, 0.2) is 22.8 Å². The molecule has 0 saturated heterocycles. The number of carboxylic acids is 1. The van der Waals surface area contributed by atoms with Crippen LogP contribution in [-0.2, 0) is 4.79 Å². The van der Waals surface area contributed by atoms with Crippen molar-refractivity contribution in [2.24, 2.45) is 11.7 Å². The lowest BCUT2D eigenvalue weighted by atomic mass is 10.1. The zero-order valence-corrected chi connectivity index (χ0v) is 8.88. The minimum Gasteiger partial charge on any atom is -0.481 e. The lowest BCUT2D eigenvalue weighted by molar-refractivity contribution is -0.138. The number of hydrogen-bond acceptors (Lipinski definition) is 4. The fraction of sp³-hybridized carbons (Fsp3) is 0.500. The van der Waals surface area contributed by atoms with Crippen LogP contribution in [-0.4, -0.2) is 22.2 Å². The van der Waals surface area contributed by atoms with Crippen molar-refractivity contribution in [2.45, 2.75) is 26.3 Å². The molecule has 0 aliphatic rings. The van der Waals surface area contributed by atoms with Gasteiger partial charge in [-0.3, -0.25) is 4.79 Å². The molecule has 1 unspecified atom stereocenters. The molecule has 1 atom stereocenters. The van der Waals surface area contributed by atoms with Gasteiger partial charge in [-0.25, -0.2) is 0 Å². The molecule has 0 radical (unpaired) electrons. The first-order valence-corrected chi connectivity index (χ1v) is 4.64. The molecule has 1 aromatic rings. The van der Waals surface area contributed by atoms with Crippen molar-refractivity contribution in [3.63, 3.8) is 0 Å². The molecule has 0 bridgehead atoms. The third-order valence-electron chi connectivity index (χ3n) is 1.55. The zero-order valence-electron chi connectivity index (χ0n) is 8.88. The largest absolute Gasteiger partial charge is 0.481 e. The molecule has 0 spiro atoms. The molecule has 1 rings (SSSR count). The molecule has 5 heteroatoms. The lowest BCUT2D eigenvalue weighted by Gasteiger charge is -2.07. The quantitative estimate of drug-likeness (QED) is 0.708. The highest BCUT2D eigenvalue weighted by atomic mass is 16.5. The van der Waals surface area contributed by atoms with Gasteiger partial charge in [-0.15, -0.1) is 0 Å². The van der Waals surface area contributed by atoms with Crippen molar-refractivity contribution >= 4 is 5.97 Å². The minimum atomic E-state index is -0.913. The molecule has 1 heterocycles. The Morgan fingerprint density at radius 3 is 2.33 bits per heavy atom. The number of hydrogen-bond donors (Lipinski definition) is 3. The third-order valence-corrected chi connectivity index (χ3v) is 1.55. The van der Waals surface area contributed by atoms with Crippen molar-refractivity contribution in [1.29, 1.82) is 0 Å². The smallest absolute Gasteiger partial charge is 0.320 e. The van der Waals surface area contributed by atoms with Gasteiger partial charge in [-0.05, 0) is 18.4 Å². The Hall–Kier alpha value is -1.49. The second-order valence-electron chi connectivity index (χ2n) is 3.53. The van der Waals surface area contributed by atoms with Crippen LogP contribution in [0.25, 0.3) is 0 Å². The van der Waals surface area contributed by atoms with Crippen LogP contribution in [0.1, 0.15) is 20.3 Å². The third kappa shape index (κ3) is 7.57. The van der Waals surface area contributed by atoms with Crippen LogP contribution < -0.4 is 5.73 Å². The van der Waals surface area contributed by atoms with Crippen molar-refractivity contribution in [1.82, 2.24) is 0 Å². The second kappa shape index (κ2) is 6.89. The van der Waals surface area contributed by atoms with Gasteiger partial charge < -0.3 is 20.4 Å². The minimum absolute atomic E-state index is 0.0324. The van der Waals surface area contributed by atoms with Gasteiger partial charge >= 0.3 is 5.97 Å². The molecule has 5 nitrogen and oxygen atoms in total. The van der Waals surface area contributed by atoms with Crippen LogP contribution in [0, 0.1) is 5.92 Å².